The van der Waals surface area contributed by atoms with Crippen LogP contribution in [0.5, 0.6) is 0 Å². The summed E-state index contributed by atoms with van der Waals surface area (Å²) in [5.74, 6) is 1.07. The van der Waals surface area contributed by atoms with Crippen LogP contribution in [-0.4, -0.2) is 40.4 Å². The molecule has 4 aromatic rings. The quantitative estimate of drug-likeness (QED) is 0.411. The molecule has 4 nitrogen and oxygen atoms in total. The highest BCUT2D eigenvalue weighted by Crippen LogP contribution is 2.31. The maximum Gasteiger partial charge on any atom is 0.140 e. The van der Waals surface area contributed by atoms with Gasteiger partial charge in [0.2, 0.25) is 0 Å². The van der Waals surface area contributed by atoms with E-state index in [4.69, 9.17) is 4.52 Å². The summed E-state index contributed by atoms with van der Waals surface area (Å²) in [7, 11) is 0. The Morgan fingerprint density at radius 3 is 1.94 bits per heavy atom. The van der Waals surface area contributed by atoms with Gasteiger partial charge >= 0.3 is 0 Å². The van der Waals surface area contributed by atoms with Gasteiger partial charge in [0.25, 0.3) is 0 Å². The van der Waals surface area contributed by atoms with Crippen LogP contribution in [0.3, 0.4) is 0 Å². The average molecular weight is 439 g/mol. The van der Waals surface area contributed by atoms with Crippen molar-refractivity contribution in [1.29, 1.82) is 0 Å². The lowest BCUT2D eigenvalue weighted by Gasteiger charge is -2.39. The topological polar surface area (TPSA) is 49.5 Å². The lowest BCUT2D eigenvalue weighted by atomic mass is 9.85. The molecule has 168 valence electrons. The highest BCUT2D eigenvalue weighted by atomic mass is 16.5. The van der Waals surface area contributed by atoms with Gasteiger partial charge in [-0.05, 0) is 24.0 Å². The van der Waals surface area contributed by atoms with Gasteiger partial charge in [-0.25, -0.2) is 0 Å². The van der Waals surface area contributed by atoms with Crippen molar-refractivity contribution >= 4 is 0 Å². The SMILES string of the molecule is OC1(Cc2cc(-c3ccccc3)no2)CCN(CC(c2ccccc2)c2ccccc2)CC1. The summed E-state index contributed by atoms with van der Waals surface area (Å²) in [6.07, 6.45) is 1.96. The minimum absolute atomic E-state index is 0.321. The average Bonchev–Trinajstić information content (AvgIpc) is 3.33. The number of benzene rings is 3. The van der Waals surface area contributed by atoms with Gasteiger partial charge in [-0.1, -0.05) is 96.2 Å². The second kappa shape index (κ2) is 9.74. The van der Waals surface area contributed by atoms with Crippen molar-refractivity contribution in [3.8, 4) is 11.3 Å². The Labute approximate surface area is 195 Å². The van der Waals surface area contributed by atoms with E-state index in [1.54, 1.807) is 0 Å². The van der Waals surface area contributed by atoms with Gasteiger partial charge in [-0.2, -0.15) is 0 Å². The van der Waals surface area contributed by atoms with Gasteiger partial charge in [0.15, 0.2) is 0 Å². The van der Waals surface area contributed by atoms with E-state index in [2.05, 4.69) is 70.7 Å². The Kier molecular flexibility index (Phi) is 6.38. The first-order chi connectivity index (χ1) is 16.2. The van der Waals surface area contributed by atoms with Crippen LogP contribution in [0.4, 0.5) is 0 Å². The summed E-state index contributed by atoms with van der Waals surface area (Å²) in [5.41, 5.74) is 3.76. The summed E-state index contributed by atoms with van der Waals surface area (Å²) in [6, 6.07) is 33.4. The monoisotopic (exact) mass is 438 g/mol. The molecular weight excluding hydrogens is 408 g/mol. The van der Waals surface area contributed by atoms with E-state index in [-0.39, 0.29) is 0 Å². The van der Waals surface area contributed by atoms with Crippen LogP contribution in [0.2, 0.25) is 0 Å². The van der Waals surface area contributed by atoms with E-state index < -0.39 is 5.60 Å². The number of aromatic nitrogens is 1. The molecule has 0 atom stereocenters. The van der Waals surface area contributed by atoms with Crippen molar-refractivity contribution in [2.75, 3.05) is 19.6 Å². The van der Waals surface area contributed by atoms with Crippen molar-refractivity contribution in [2.45, 2.75) is 30.8 Å². The third-order valence-corrected chi connectivity index (χ3v) is 6.76. The third kappa shape index (κ3) is 5.24. The molecule has 4 heteroatoms. The van der Waals surface area contributed by atoms with E-state index in [1.165, 1.54) is 11.1 Å². The van der Waals surface area contributed by atoms with Gasteiger partial charge < -0.3 is 14.5 Å². The van der Waals surface area contributed by atoms with Crippen molar-refractivity contribution in [1.82, 2.24) is 10.1 Å². The molecule has 1 aliphatic heterocycles. The number of rotatable bonds is 7. The van der Waals surface area contributed by atoms with Crippen LogP contribution in [0.1, 0.15) is 35.6 Å². The lowest BCUT2D eigenvalue weighted by Crippen LogP contribution is -2.46. The van der Waals surface area contributed by atoms with Crippen LogP contribution < -0.4 is 0 Å². The minimum atomic E-state index is -0.751. The zero-order chi connectivity index (χ0) is 22.5. The predicted molar refractivity (Wildman–Crippen MR) is 131 cm³/mol. The minimum Gasteiger partial charge on any atom is -0.389 e. The molecule has 0 amide bonds. The lowest BCUT2D eigenvalue weighted by molar-refractivity contribution is -0.0252. The Morgan fingerprint density at radius 2 is 1.36 bits per heavy atom. The first kappa shape index (κ1) is 21.6. The Morgan fingerprint density at radius 1 is 0.818 bits per heavy atom. The van der Waals surface area contributed by atoms with E-state index in [0.717, 1.165) is 49.5 Å². The number of aliphatic hydroxyl groups is 1. The number of piperidine rings is 1. The Bertz CT molecular complexity index is 1090. The van der Waals surface area contributed by atoms with Gasteiger partial charge in [-0.15, -0.1) is 0 Å². The molecule has 1 N–H and O–H groups in total. The maximum atomic E-state index is 11.3. The molecule has 1 saturated heterocycles. The fourth-order valence-corrected chi connectivity index (χ4v) is 4.83. The maximum absolute atomic E-state index is 11.3. The van der Waals surface area contributed by atoms with E-state index in [0.29, 0.717) is 12.3 Å². The van der Waals surface area contributed by atoms with E-state index in [1.807, 2.05) is 36.4 Å². The number of nitrogens with zero attached hydrogens (tertiary/aromatic N) is 2. The molecular formula is C29H30N2O2. The van der Waals surface area contributed by atoms with E-state index in [9.17, 15) is 5.11 Å². The summed E-state index contributed by atoms with van der Waals surface area (Å²) in [4.78, 5) is 2.48. The van der Waals surface area contributed by atoms with E-state index >= 15 is 0 Å². The molecule has 0 aliphatic carbocycles. The number of hydrogen-bond donors (Lipinski definition) is 1. The normalized spacial score (nSPS) is 16.2. The predicted octanol–water partition coefficient (Wildman–Crippen LogP) is 5.54. The molecule has 1 aliphatic rings. The fourth-order valence-electron chi connectivity index (χ4n) is 4.83. The molecule has 2 heterocycles. The van der Waals surface area contributed by atoms with Gasteiger partial charge in [0.1, 0.15) is 11.5 Å². The molecule has 0 bridgehead atoms. The van der Waals surface area contributed by atoms with Gasteiger partial charge in [0.05, 0.1) is 5.60 Å². The van der Waals surface area contributed by atoms with Crippen LogP contribution in [0.25, 0.3) is 11.3 Å². The molecule has 1 aromatic heterocycles. The highest BCUT2D eigenvalue weighted by molar-refractivity contribution is 5.58. The van der Waals surface area contributed by atoms with Crippen molar-refractivity contribution < 1.29 is 9.63 Å². The highest BCUT2D eigenvalue weighted by Gasteiger charge is 2.34. The van der Waals surface area contributed by atoms with Crippen LogP contribution in [-0.2, 0) is 6.42 Å². The molecule has 0 saturated carbocycles. The largest absolute Gasteiger partial charge is 0.389 e. The zero-order valence-corrected chi connectivity index (χ0v) is 18.8. The smallest absolute Gasteiger partial charge is 0.140 e. The summed E-state index contributed by atoms with van der Waals surface area (Å²) < 4.78 is 5.57. The Balaban J connectivity index is 1.23. The second-order valence-electron chi connectivity index (χ2n) is 9.12. The van der Waals surface area contributed by atoms with Gasteiger partial charge in [-0.3, -0.25) is 0 Å². The zero-order valence-electron chi connectivity index (χ0n) is 18.8. The van der Waals surface area contributed by atoms with Crippen LogP contribution in [0, 0.1) is 0 Å². The molecule has 0 spiro atoms. The van der Waals surface area contributed by atoms with Crippen molar-refractivity contribution in [3.05, 3.63) is 114 Å². The summed E-state index contributed by atoms with van der Waals surface area (Å²) in [6.45, 7) is 2.68. The number of likely N-dealkylation sites (tertiary alicyclic amines) is 1. The summed E-state index contributed by atoms with van der Waals surface area (Å²) in [5, 5.41) is 15.5. The van der Waals surface area contributed by atoms with Crippen LogP contribution >= 0.6 is 0 Å². The molecule has 0 radical (unpaired) electrons. The first-order valence-electron chi connectivity index (χ1n) is 11.7. The first-order valence-corrected chi connectivity index (χ1v) is 11.7. The summed E-state index contributed by atoms with van der Waals surface area (Å²) >= 11 is 0. The molecule has 33 heavy (non-hydrogen) atoms. The number of hydrogen-bond acceptors (Lipinski definition) is 4. The molecule has 5 rings (SSSR count). The van der Waals surface area contributed by atoms with Crippen molar-refractivity contribution in [3.63, 3.8) is 0 Å². The fraction of sp³-hybridized carbons (Fsp3) is 0.276. The third-order valence-electron chi connectivity index (χ3n) is 6.76. The molecule has 3 aromatic carbocycles. The molecule has 1 fully saturated rings. The standard InChI is InChI=1S/C29H30N2O2/c32-29(21-26-20-28(30-33-26)25-14-8-3-9-15-25)16-18-31(19-17-29)22-27(23-10-4-1-5-11-23)24-12-6-2-7-13-24/h1-15,20,27,32H,16-19,21-22H2. The van der Waals surface area contributed by atoms with Crippen molar-refractivity contribution in [2.24, 2.45) is 0 Å². The van der Waals surface area contributed by atoms with Crippen LogP contribution in [0.15, 0.2) is 102 Å². The second-order valence-corrected chi connectivity index (χ2v) is 9.12. The van der Waals surface area contributed by atoms with Gasteiger partial charge in [0, 0.05) is 43.6 Å². The Hall–Kier alpha value is -3.21. The molecule has 0 unspecified atom stereocenters.